The Morgan fingerprint density at radius 2 is 1.75 bits per heavy atom. The van der Waals surface area contributed by atoms with Gasteiger partial charge in [0.1, 0.15) is 5.82 Å². The lowest BCUT2D eigenvalue weighted by Gasteiger charge is -2.11. The Hall–Kier alpha value is -3.48. The largest absolute Gasteiger partial charge is 0.474 e. The molecular formula is C21H22N6O. The summed E-state index contributed by atoms with van der Waals surface area (Å²) in [6, 6.07) is 6.15. The number of hydrogen-bond acceptors (Lipinski definition) is 6. The van der Waals surface area contributed by atoms with Crippen molar-refractivity contribution in [2.75, 3.05) is 19.0 Å². The zero-order chi connectivity index (χ0) is 19.7. The summed E-state index contributed by atoms with van der Waals surface area (Å²) >= 11 is 0. The monoisotopic (exact) mass is 374 g/mol. The van der Waals surface area contributed by atoms with E-state index in [4.69, 9.17) is 9.72 Å². The van der Waals surface area contributed by atoms with Crippen LogP contribution in [0, 0.1) is 0 Å². The van der Waals surface area contributed by atoms with E-state index in [1.54, 1.807) is 24.8 Å². The molecule has 0 fully saturated rings. The SMILES string of the molecule is CC(C)Oc1cncc(-c2ccc3[nH]cc(-c4cncc(N(C)C)n4)c3c2)n1. The van der Waals surface area contributed by atoms with Gasteiger partial charge in [0, 0.05) is 42.3 Å². The smallest absolute Gasteiger partial charge is 0.233 e. The van der Waals surface area contributed by atoms with Gasteiger partial charge in [0.25, 0.3) is 0 Å². The predicted molar refractivity (Wildman–Crippen MR) is 110 cm³/mol. The Morgan fingerprint density at radius 3 is 2.54 bits per heavy atom. The van der Waals surface area contributed by atoms with E-state index in [0.29, 0.717) is 5.88 Å². The quantitative estimate of drug-likeness (QED) is 0.570. The summed E-state index contributed by atoms with van der Waals surface area (Å²) in [5.74, 6) is 1.33. The third-order valence-electron chi connectivity index (χ3n) is 4.30. The molecule has 0 aliphatic heterocycles. The molecule has 0 aliphatic rings. The van der Waals surface area contributed by atoms with E-state index >= 15 is 0 Å². The highest BCUT2D eigenvalue weighted by Crippen LogP contribution is 2.31. The lowest BCUT2D eigenvalue weighted by molar-refractivity contribution is 0.232. The number of nitrogens with one attached hydrogen (secondary N) is 1. The fourth-order valence-corrected chi connectivity index (χ4v) is 2.98. The van der Waals surface area contributed by atoms with E-state index < -0.39 is 0 Å². The van der Waals surface area contributed by atoms with Crippen LogP contribution in [0.3, 0.4) is 0 Å². The van der Waals surface area contributed by atoms with Gasteiger partial charge in [-0.05, 0) is 26.0 Å². The molecule has 1 aromatic carbocycles. The first-order valence-corrected chi connectivity index (χ1v) is 9.11. The van der Waals surface area contributed by atoms with Gasteiger partial charge in [-0.25, -0.2) is 9.97 Å². The maximum Gasteiger partial charge on any atom is 0.233 e. The molecule has 4 rings (SSSR count). The Labute approximate surface area is 163 Å². The van der Waals surface area contributed by atoms with Gasteiger partial charge in [0.2, 0.25) is 5.88 Å². The van der Waals surface area contributed by atoms with Crippen LogP contribution >= 0.6 is 0 Å². The molecule has 3 aromatic heterocycles. The van der Waals surface area contributed by atoms with E-state index in [1.807, 2.05) is 51.2 Å². The molecule has 142 valence electrons. The van der Waals surface area contributed by atoms with Crippen molar-refractivity contribution in [3.05, 3.63) is 49.2 Å². The Balaban J connectivity index is 1.78. The molecule has 4 aromatic rings. The van der Waals surface area contributed by atoms with Gasteiger partial charge in [-0.2, -0.15) is 0 Å². The minimum atomic E-state index is 0.0471. The Kier molecular flexibility index (Phi) is 4.65. The molecule has 0 saturated carbocycles. The van der Waals surface area contributed by atoms with Crippen molar-refractivity contribution in [2.45, 2.75) is 20.0 Å². The van der Waals surface area contributed by atoms with Gasteiger partial charge >= 0.3 is 0 Å². The standard InChI is InChI=1S/C21H22N6O/c1-13(2)28-21-12-23-9-18(26-21)14-5-6-17-15(7-14)16(8-24-17)19-10-22-11-20(25-19)27(3)4/h5-13,24H,1-4H3. The second-order valence-corrected chi connectivity index (χ2v) is 7.03. The number of hydrogen-bond donors (Lipinski definition) is 1. The number of ether oxygens (including phenoxy) is 1. The van der Waals surface area contributed by atoms with Crippen molar-refractivity contribution in [3.63, 3.8) is 0 Å². The minimum Gasteiger partial charge on any atom is -0.474 e. The molecule has 1 N–H and O–H groups in total. The molecule has 0 amide bonds. The minimum absolute atomic E-state index is 0.0471. The Bertz CT molecular complexity index is 1120. The molecule has 28 heavy (non-hydrogen) atoms. The van der Waals surface area contributed by atoms with Crippen LogP contribution in [0.2, 0.25) is 0 Å². The topological polar surface area (TPSA) is 79.8 Å². The molecule has 7 heteroatoms. The first kappa shape index (κ1) is 17.9. The number of aromatic nitrogens is 5. The number of aromatic amines is 1. The van der Waals surface area contributed by atoms with Gasteiger partial charge in [-0.3, -0.25) is 9.97 Å². The van der Waals surface area contributed by atoms with Crippen LogP contribution in [0.5, 0.6) is 5.88 Å². The molecule has 0 aliphatic carbocycles. The highest BCUT2D eigenvalue weighted by atomic mass is 16.5. The van der Waals surface area contributed by atoms with Gasteiger partial charge in [0.15, 0.2) is 0 Å². The van der Waals surface area contributed by atoms with Crippen LogP contribution in [-0.2, 0) is 0 Å². The van der Waals surface area contributed by atoms with Crippen LogP contribution in [0.25, 0.3) is 33.4 Å². The number of H-pyrrole nitrogens is 1. The summed E-state index contributed by atoms with van der Waals surface area (Å²) in [5.41, 5.74) is 4.57. The molecule has 0 unspecified atom stereocenters. The number of anilines is 1. The molecule has 0 saturated heterocycles. The van der Waals surface area contributed by atoms with Crippen LogP contribution in [0.4, 0.5) is 5.82 Å². The van der Waals surface area contributed by atoms with Crippen LogP contribution in [0.15, 0.2) is 49.2 Å². The maximum absolute atomic E-state index is 5.67. The first-order chi connectivity index (χ1) is 13.5. The van der Waals surface area contributed by atoms with Crippen molar-refractivity contribution in [2.24, 2.45) is 0 Å². The summed E-state index contributed by atoms with van der Waals surface area (Å²) in [4.78, 5) is 23.1. The molecule has 0 atom stereocenters. The Morgan fingerprint density at radius 1 is 0.964 bits per heavy atom. The number of fused-ring (bicyclic) bond motifs is 1. The summed E-state index contributed by atoms with van der Waals surface area (Å²) in [7, 11) is 3.90. The lowest BCUT2D eigenvalue weighted by atomic mass is 10.1. The van der Waals surface area contributed by atoms with Crippen LogP contribution in [-0.4, -0.2) is 45.1 Å². The molecular weight excluding hydrogens is 352 g/mol. The second-order valence-electron chi connectivity index (χ2n) is 7.03. The zero-order valence-corrected chi connectivity index (χ0v) is 16.3. The fraction of sp³-hybridized carbons (Fsp3) is 0.238. The normalized spacial score (nSPS) is 11.2. The van der Waals surface area contributed by atoms with E-state index in [2.05, 4.69) is 26.0 Å². The van der Waals surface area contributed by atoms with Crippen molar-refractivity contribution < 1.29 is 4.74 Å². The highest BCUT2D eigenvalue weighted by molar-refractivity contribution is 5.97. The van der Waals surface area contributed by atoms with Crippen molar-refractivity contribution in [1.29, 1.82) is 0 Å². The van der Waals surface area contributed by atoms with Crippen molar-refractivity contribution in [3.8, 4) is 28.4 Å². The molecule has 0 spiro atoms. The summed E-state index contributed by atoms with van der Waals surface area (Å²) in [6.07, 6.45) is 8.91. The van der Waals surface area contributed by atoms with Crippen molar-refractivity contribution >= 4 is 16.7 Å². The average molecular weight is 374 g/mol. The zero-order valence-electron chi connectivity index (χ0n) is 16.3. The molecule has 3 heterocycles. The summed E-state index contributed by atoms with van der Waals surface area (Å²) in [6.45, 7) is 3.94. The lowest BCUT2D eigenvalue weighted by Crippen LogP contribution is -2.11. The second kappa shape index (κ2) is 7.26. The van der Waals surface area contributed by atoms with Crippen LogP contribution < -0.4 is 9.64 Å². The van der Waals surface area contributed by atoms with Gasteiger partial charge < -0.3 is 14.6 Å². The summed E-state index contributed by atoms with van der Waals surface area (Å²) < 4.78 is 5.67. The van der Waals surface area contributed by atoms with E-state index in [-0.39, 0.29) is 6.10 Å². The van der Waals surface area contributed by atoms with Gasteiger partial charge in [-0.15, -0.1) is 0 Å². The van der Waals surface area contributed by atoms with Gasteiger partial charge in [0.05, 0.1) is 42.3 Å². The predicted octanol–water partition coefficient (Wildman–Crippen LogP) is 3.94. The van der Waals surface area contributed by atoms with Crippen LogP contribution in [0.1, 0.15) is 13.8 Å². The van der Waals surface area contributed by atoms with E-state index in [9.17, 15) is 0 Å². The average Bonchev–Trinajstić information content (AvgIpc) is 3.11. The third kappa shape index (κ3) is 3.51. The van der Waals surface area contributed by atoms with Gasteiger partial charge in [-0.1, -0.05) is 6.07 Å². The fourth-order valence-electron chi connectivity index (χ4n) is 2.98. The number of nitrogens with zero attached hydrogens (tertiary/aromatic N) is 5. The number of rotatable bonds is 5. The first-order valence-electron chi connectivity index (χ1n) is 9.11. The van der Waals surface area contributed by atoms with Crippen molar-refractivity contribution in [1.82, 2.24) is 24.9 Å². The molecule has 0 radical (unpaired) electrons. The maximum atomic E-state index is 5.67. The highest BCUT2D eigenvalue weighted by Gasteiger charge is 2.12. The number of benzene rings is 1. The van der Waals surface area contributed by atoms with E-state index in [1.165, 1.54) is 0 Å². The molecule has 0 bridgehead atoms. The van der Waals surface area contributed by atoms with E-state index in [0.717, 1.165) is 39.2 Å². The molecule has 7 nitrogen and oxygen atoms in total. The third-order valence-corrected chi connectivity index (χ3v) is 4.30. The summed E-state index contributed by atoms with van der Waals surface area (Å²) in [5, 5.41) is 1.06.